The van der Waals surface area contributed by atoms with Crippen molar-refractivity contribution < 1.29 is 0 Å². The van der Waals surface area contributed by atoms with Crippen LogP contribution in [0.5, 0.6) is 0 Å². The van der Waals surface area contributed by atoms with Gasteiger partial charge in [-0.15, -0.1) is 0 Å². The van der Waals surface area contributed by atoms with Gasteiger partial charge >= 0.3 is 0 Å². The molecule has 0 aromatic heterocycles. The Bertz CT molecular complexity index is 262. The van der Waals surface area contributed by atoms with Gasteiger partial charge in [0.05, 0.1) is 0 Å². The highest BCUT2D eigenvalue weighted by molar-refractivity contribution is 5.02. The average Bonchev–Trinajstić information content (AvgIpc) is 2.96. The molecule has 2 aliphatic heterocycles. The van der Waals surface area contributed by atoms with Crippen molar-refractivity contribution in [2.45, 2.75) is 43.7 Å². The first-order valence-corrected chi connectivity index (χ1v) is 6.88. The van der Waals surface area contributed by atoms with Crippen molar-refractivity contribution in [1.29, 1.82) is 0 Å². The molecule has 3 rings (SSSR count). The Labute approximate surface area is 99.0 Å². The number of hydrogen-bond donors (Lipinski definition) is 1. The average molecular weight is 223 g/mol. The van der Waals surface area contributed by atoms with Crippen LogP contribution in [0.25, 0.3) is 0 Å². The number of piperidine rings is 2. The van der Waals surface area contributed by atoms with Crippen LogP contribution >= 0.6 is 0 Å². The first kappa shape index (κ1) is 11.0. The molecule has 2 atom stereocenters. The SMILES string of the molecule is CN1CCCC2CN(CC3(N)CC3)CCC21. The zero-order valence-corrected chi connectivity index (χ0v) is 10.5. The zero-order chi connectivity index (χ0) is 11.2. The smallest absolute Gasteiger partial charge is 0.0284 e. The number of rotatable bonds is 2. The quantitative estimate of drug-likeness (QED) is 0.755. The molecule has 1 aliphatic carbocycles. The monoisotopic (exact) mass is 223 g/mol. The van der Waals surface area contributed by atoms with E-state index in [-0.39, 0.29) is 5.54 Å². The molecule has 2 unspecified atom stereocenters. The van der Waals surface area contributed by atoms with E-state index in [0.717, 1.165) is 18.5 Å². The molecule has 2 saturated heterocycles. The third kappa shape index (κ3) is 2.13. The van der Waals surface area contributed by atoms with E-state index in [2.05, 4.69) is 16.8 Å². The second kappa shape index (κ2) is 3.97. The molecule has 3 nitrogen and oxygen atoms in total. The minimum absolute atomic E-state index is 0.202. The molecule has 0 bridgehead atoms. The van der Waals surface area contributed by atoms with Crippen LogP contribution in [-0.4, -0.2) is 54.6 Å². The minimum Gasteiger partial charge on any atom is -0.324 e. The first-order valence-electron chi connectivity index (χ1n) is 6.88. The lowest BCUT2D eigenvalue weighted by Crippen LogP contribution is -2.54. The van der Waals surface area contributed by atoms with Gasteiger partial charge < -0.3 is 15.5 Å². The number of hydrogen-bond acceptors (Lipinski definition) is 3. The van der Waals surface area contributed by atoms with Gasteiger partial charge in [0.25, 0.3) is 0 Å². The molecule has 0 aromatic rings. The summed E-state index contributed by atoms with van der Waals surface area (Å²) in [5.74, 6) is 0.912. The molecule has 3 heteroatoms. The highest BCUT2D eigenvalue weighted by Crippen LogP contribution is 2.35. The second-order valence-corrected chi connectivity index (χ2v) is 6.34. The van der Waals surface area contributed by atoms with Crippen LogP contribution in [-0.2, 0) is 0 Å². The van der Waals surface area contributed by atoms with Gasteiger partial charge in [-0.2, -0.15) is 0 Å². The Kier molecular flexibility index (Phi) is 2.73. The lowest BCUT2D eigenvalue weighted by atomic mass is 9.84. The Morgan fingerprint density at radius 2 is 2.06 bits per heavy atom. The van der Waals surface area contributed by atoms with Crippen LogP contribution in [0.1, 0.15) is 32.1 Å². The fourth-order valence-electron chi connectivity index (χ4n) is 3.64. The highest BCUT2D eigenvalue weighted by atomic mass is 15.2. The van der Waals surface area contributed by atoms with Crippen LogP contribution in [0.15, 0.2) is 0 Å². The topological polar surface area (TPSA) is 32.5 Å². The van der Waals surface area contributed by atoms with Crippen LogP contribution in [0.2, 0.25) is 0 Å². The first-order chi connectivity index (χ1) is 7.66. The molecule has 0 aromatic carbocycles. The summed E-state index contributed by atoms with van der Waals surface area (Å²) < 4.78 is 0. The van der Waals surface area contributed by atoms with Gasteiger partial charge in [0.1, 0.15) is 0 Å². The number of likely N-dealkylation sites (tertiary alicyclic amines) is 2. The third-order valence-corrected chi connectivity index (χ3v) is 4.86. The summed E-state index contributed by atoms with van der Waals surface area (Å²) in [6, 6.07) is 0.859. The van der Waals surface area contributed by atoms with E-state index in [0.29, 0.717) is 0 Å². The Morgan fingerprint density at radius 3 is 2.81 bits per heavy atom. The predicted octanol–water partition coefficient (Wildman–Crippen LogP) is 0.894. The molecule has 2 N–H and O–H groups in total. The van der Waals surface area contributed by atoms with Crippen LogP contribution in [0.4, 0.5) is 0 Å². The van der Waals surface area contributed by atoms with Crippen molar-refractivity contribution in [2.75, 3.05) is 33.2 Å². The maximum Gasteiger partial charge on any atom is 0.0284 e. The fourth-order valence-corrected chi connectivity index (χ4v) is 3.64. The molecule has 0 amide bonds. The third-order valence-electron chi connectivity index (χ3n) is 4.86. The summed E-state index contributed by atoms with van der Waals surface area (Å²) in [4.78, 5) is 5.22. The molecular formula is C13H25N3. The Morgan fingerprint density at radius 1 is 1.25 bits per heavy atom. The van der Waals surface area contributed by atoms with Gasteiger partial charge in [-0.25, -0.2) is 0 Å². The van der Waals surface area contributed by atoms with Crippen molar-refractivity contribution >= 4 is 0 Å². The molecular weight excluding hydrogens is 198 g/mol. The second-order valence-electron chi connectivity index (χ2n) is 6.34. The van der Waals surface area contributed by atoms with Crippen molar-refractivity contribution in [3.05, 3.63) is 0 Å². The van der Waals surface area contributed by atoms with Gasteiger partial charge in [0.2, 0.25) is 0 Å². The number of fused-ring (bicyclic) bond motifs is 1. The maximum atomic E-state index is 6.22. The Hall–Kier alpha value is -0.120. The van der Waals surface area contributed by atoms with Gasteiger partial charge in [-0.3, -0.25) is 0 Å². The van der Waals surface area contributed by atoms with E-state index in [4.69, 9.17) is 5.73 Å². The fraction of sp³-hybridized carbons (Fsp3) is 1.00. The standard InChI is InChI=1S/C13H25N3/c1-15-7-2-3-11-9-16(8-4-12(11)15)10-13(14)5-6-13/h11-12H,2-10,14H2,1H3. The van der Waals surface area contributed by atoms with Gasteiger partial charge in [0, 0.05) is 24.7 Å². The van der Waals surface area contributed by atoms with Crippen molar-refractivity contribution in [3.63, 3.8) is 0 Å². The lowest BCUT2D eigenvalue weighted by Gasteiger charge is -2.46. The molecule has 2 heterocycles. The van der Waals surface area contributed by atoms with Gasteiger partial charge in [0.15, 0.2) is 0 Å². The van der Waals surface area contributed by atoms with Gasteiger partial charge in [-0.05, 0) is 58.2 Å². The van der Waals surface area contributed by atoms with Crippen molar-refractivity contribution in [3.8, 4) is 0 Å². The lowest BCUT2D eigenvalue weighted by molar-refractivity contribution is 0.0353. The predicted molar refractivity (Wildman–Crippen MR) is 66.4 cm³/mol. The van der Waals surface area contributed by atoms with E-state index in [1.165, 1.54) is 51.7 Å². The summed E-state index contributed by atoms with van der Waals surface area (Å²) in [7, 11) is 2.30. The summed E-state index contributed by atoms with van der Waals surface area (Å²) >= 11 is 0. The molecule has 0 spiro atoms. The molecule has 3 fully saturated rings. The van der Waals surface area contributed by atoms with Gasteiger partial charge in [-0.1, -0.05) is 0 Å². The van der Waals surface area contributed by atoms with E-state index in [1.54, 1.807) is 0 Å². The van der Waals surface area contributed by atoms with E-state index in [9.17, 15) is 0 Å². The summed E-state index contributed by atoms with van der Waals surface area (Å²) in [6.07, 6.45) is 6.68. The van der Waals surface area contributed by atoms with Crippen molar-refractivity contribution in [2.24, 2.45) is 11.7 Å². The molecule has 0 radical (unpaired) electrons. The molecule has 3 aliphatic rings. The Balaban J connectivity index is 1.57. The van der Waals surface area contributed by atoms with Crippen LogP contribution < -0.4 is 5.73 Å². The number of nitrogens with two attached hydrogens (primary N) is 1. The zero-order valence-electron chi connectivity index (χ0n) is 10.5. The van der Waals surface area contributed by atoms with Crippen LogP contribution in [0.3, 0.4) is 0 Å². The highest BCUT2D eigenvalue weighted by Gasteiger charge is 2.42. The maximum absolute atomic E-state index is 6.22. The number of nitrogens with zero attached hydrogens (tertiary/aromatic N) is 2. The summed E-state index contributed by atoms with van der Waals surface area (Å²) in [5.41, 5.74) is 6.42. The molecule has 92 valence electrons. The minimum atomic E-state index is 0.202. The van der Waals surface area contributed by atoms with E-state index >= 15 is 0 Å². The van der Waals surface area contributed by atoms with Crippen molar-refractivity contribution in [1.82, 2.24) is 9.80 Å². The normalized spacial score (nSPS) is 39.4. The van der Waals surface area contributed by atoms with E-state index in [1.807, 2.05) is 0 Å². The van der Waals surface area contributed by atoms with E-state index < -0.39 is 0 Å². The molecule has 16 heavy (non-hydrogen) atoms. The van der Waals surface area contributed by atoms with Crippen LogP contribution in [0, 0.1) is 5.92 Å². The summed E-state index contributed by atoms with van der Waals surface area (Å²) in [5, 5.41) is 0. The molecule has 1 saturated carbocycles. The summed E-state index contributed by atoms with van der Waals surface area (Å²) in [6.45, 7) is 5.03. The largest absolute Gasteiger partial charge is 0.324 e.